The number of thiazole rings is 1. The van der Waals surface area contributed by atoms with Crippen LogP contribution >= 0.6 is 11.3 Å². The normalized spacial score (nSPS) is 16.4. The molecule has 7 nitrogen and oxygen atoms in total. The molecule has 1 aliphatic carbocycles. The van der Waals surface area contributed by atoms with Crippen molar-refractivity contribution in [3.8, 4) is 5.75 Å². The van der Waals surface area contributed by atoms with Crippen molar-refractivity contribution in [2.24, 2.45) is 0 Å². The summed E-state index contributed by atoms with van der Waals surface area (Å²) in [4.78, 5) is 21.5. The molecule has 1 aliphatic heterocycles. The summed E-state index contributed by atoms with van der Waals surface area (Å²) in [5.74, 6) is 2.20. The first-order valence-corrected chi connectivity index (χ1v) is 10.4. The van der Waals surface area contributed by atoms with E-state index in [-0.39, 0.29) is 0 Å². The van der Waals surface area contributed by atoms with Crippen LogP contribution in [0.3, 0.4) is 0 Å². The molecule has 1 fully saturated rings. The van der Waals surface area contributed by atoms with Gasteiger partial charge in [0.2, 0.25) is 0 Å². The van der Waals surface area contributed by atoms with Gasteiger partial charge in [0.25, 0.3) is 0 Å². The van der Waals surface area contributed by atoms with Gasteiger partial charge in [0.1, 0.15) is 5.75 Å². The molecule has 0 spiro atoms. The lowest BCUT2D eigenvalue weighted by atomic mass is 9.82. The van der Waals surface area contributed by atoms with Crippen LogP contribution in [0, 0.1) is 0 Å². The zero-order valence-corrected chi connectivity index (χ0v) is 16.6. The molecule has 3 aromatic rings. The number of pyridine rings is 1. The molecule has 3 aromatic heterocycles. The largest absolute Gasteiger partial charge is 0.495 e. The van der Waals surface area contributed by atoms with Crippen LogP contribution < -0.4 is 15.0 Å². The first kappa shape index (κ1) is 17.4. The highest BCUT2D eigenvalue weighted by atomic mass is 32.1. The first-order valence-electron chi connectivity index (χ1n) is 9.60. The minimum Gasteiger partial charge on any atom is -0.495 e. The molecular formula is C20H22N6OS. The Balaban J connectivity index is 1.34. The Morgan fingerprint density at radius 1 is 1.21 bits per heavy atom. The van der Waals surface area contributed by atoms with Gasteiger partial charge in [-0.05, 0) is 12.8 Å². The molecule has 0 amide bonds. The molecule has 144 valence electrons. The lowest BCUT2D eigenvalue weighted by Crippen LogP contribution is -2.30. The number of ether oxygens (including phenoxy) is 1. The lowest BCUT2D eigenvalue weighted by Gasteiger charge is -2.30. The van der Waals surface area contributed by atoms with Gasteiger partial charge in [-0.2, -0.15) is 0 Å². The molecule has 0 atom stereocenters. The average molecular weight is 395 g/mol. The number of methoxy groups -OCH3 is 1. The van der Waals surface area contributed by atoms with Crippen LogP contribution in [0.5, 0.6) is 5.75 Å². The number of rotatable bonds is 5. The maximum atomic E-state index is 5.65. The van der Waals surface area contributed by atoms with Gasteiger partial charge in [0, 0.05) is 42.2 Å². The van der Waals surface area contributed by atoms with E-state index in [0.29, 0.717) is 11.7 Å². The number of fused-ring (bicyclic) bond motifs is 1. The molecule has 0 bridgehead atoms. The van der Waals surface area contributed by atoms with Crippen LogP contribution in [-0.4, -0.2) is 33.6 Å². The van der Waals surface area contributed by atoms with Crippen LogP contribution in [0.1, 0.15) is 41.4 Å². The average Bonchev–Trinajstić information content (AvgIpc) is 3.09. The number of aromatic nitrogens is 4. The third kappa shape index (κ3) is 3.28. The molecule has 0 saturated heterocycles. The van der Waals surface area contributed by atoms with Gasteiger partial charge in [0.15, 0.2) is 10.9 Å². The molecule has 8 heteroatoms. The number of anilines is 3. The topological polar surface area (TPSA) is 76.1 Å². The standard InChI is InChI=1S/C20H22N6OS/c1-27-16-9-14(10-23-19(16)13-3-2-4-13)26-8-5-15-17(12-26)28-20(24-15)25-18-11-21-6-7-22-18/h6-7,9-11,13H,2-5,8,12H2,1H3,(H,22,24,25). The van der Waals surface area contributed by atoms with Crippen molar-refractivity contribution in [2.75, 3.05) is 23.9 Å². The minimum absolute atomic E-state index is 0.563. The third-order valence-corrected chi connectivity index (χ3v) is 6.47. The second kappa shape index (κ2) is 7.35. The second-order valence-electron chi connectivity index (χ2n) is 7.18. The molecule has 0 radical (unpaired) electrons. The van der Waals surface area contributed by atoms with Crippen molar-refractivity contribution in [3.63, 3.8) is 0 Å². The molecule has 0 unspecified atom stereocenters. The predicted molar refractivity (Wildman–Crippen MR) is 110 cm³/mol. The fourth-order valence-electron chi connectivity index (χ4n) is 3.71. The Morgan fingerprint density at radius 2 is 2.14 bits per heavy atom. The van der Waals surface area contributed by atoms with Crippen molar-refractivity contribution >= 4 is 28.0 Å². The van der Waals surface area contributed by atoms with Gasteiger partial charge in [-0.3, -0.25) is 9.97 Å². The zero-order valence-electron chi connectivity index (χ0n) is 15.8. The number of nitrogens with one attached hydrogen (secondary N) is 1. The summed E-state index contributed by atoms with van der Waals surface area (Å²) in [7, 11) is 1.74. The van der Waals surface area contributed by atoms with E-state index in [4.69, 9.17) is 14.7 Å². The van der Waals surface area contributed by atoms with Crippen molar-refractivity contribution < 1.29 is 4.74 Å². The molecule has 1 N–H and O–H groups in total. The number of nitrogens with zero attached hydrogens (tertiary/aromatic N) is 5. The Kier molecular flexibility index (Phi) is 4.56. The maximum absolute atomic E-state index is 5.65. The molecule has 28 heavy (non-hydrogen) atoms. The van der Waals surface area contributed by atoms with Gasteiger partial charge in [0.05, 0.1) is 43.1 Å². The second-order valence-corrected chi connectivity index (χ2v) is 8.27. The van der Waals surface area contributed by atoms with Crippen molar-refractivity contribution in [3.05, 3.63) is 47.1 Å². The van der Waals surface area contributed by atoms with E-state index in [1.165, 1.54) is 29.8 Å². The summed E-state index contributed by atoms with van der Waals surface area (Å²) < 4.78 is 5.65. The van der Waals surface area contributed by atoms with Crippen molar-refractivity contribution in [1.29, 1.82) is 0 Å². The van der Waals surface area contributed by atoms with Crippen LogP contribution in [0.2, 0.25) is 0 Å². The fourth-order valence-corrected chi connectivity index (χ4v) is 4.74. The third-order valence-electron chi connectivity index (χ3n) is 5.47. The van der Waals surface area contributed by atoms with E-state index in [0.717, 1.165) is 41.8 Å². The van der Waals surface area contributed by atoms with Crippen LogP contribution in [-0.2, 0) is 13.0 Å². The SMILES string of the molecule is COc1cc(N2CCc3nc(Nc4cnccn4)sc3C2)cnc1C1CCC1. The molecule has 2 aliphatic rings. The summed E-state index contributed by atoms with van der Waals surface area (Å²) in [6.07, 6.45) is 11.7. The van der Waals surface area contributed by atoms with E-state index >= 15 is 0 Å². The van der Waals surface area contributed by atoms with Gasteiger partial charge < -0.3 is 15.0 Å². The Morgan fingerprint density at radius 3 is 2.89 bits per heavy atom. The van der Waals surface area contributed by atoms with Crippen LogP contribution in [0.4, 0.5) is 16.6 Å². The van der Waals surface area contributed by atoms with Gasteiger partial charge in [-0.15, -0.1) is 0 Å². The molecule has 4 heterocycles. The summed E-state index contributed by atoms with van der Waals surface area (Å²) in [6, 6.07) is 2.14. The molecular weight excluding hydrogens is 372 g/mol. The smallest absolute Gasteiger partial charge is 0.188 e. The molecule has 0 aromatic carbocycles. The minimum atomic E-state index is 0.563. The van der Waals surface area contributed by atoms with Gasteiger partial charge >= 0.3 is 0 Å². The molecule has 1 saturated carbocycles. The summed E-state index contributed by atoms with van der Waals surface area (Å²) >= 11 is 1.68. The quantitative estimate of drug-likeness (QED) is 0.703. The van der Waals surface area contributed by atoms with Crippen LogP contribution in [0.25, 0.3) is 0 Å². The first-order chi connectivity index (χ1) is 13.8. The van der Waals surface area contributed by atoms with Crippen LogP contribution in [0.15, 0.2) is 30.9 Å². The van der Waals surface area contributed by atoms with Crippen molar-refractivity contribution in [1.82, 2.24) is 19.9 Å². The Hall–Kier alpha value is -2.74. The summed E-state index contributed by atoms with van der Waals surface area (Å²) in [5.41, 5.74) is 3.39. The van der Waals surface area contributed by atoms with Gasteiger partial charge in [-0.1, -0.05) is 17.8 Å². The zero-order chi connectivity index (χ0) is 18.9. The van der Waals surface area contributed by atoms with Crippen molar-refractivity contribution in [2.45, 2.75) is 38.1 Å². The van der Waals surface area contributed by atoms with E-state index in [2.05, 4.69) is 26.3 Å². The number of hydrogen-bond donors (Lipinski definition) is 1. The summed E-state index contributed by atoms with van der Waals surface area (Å²) in [5, 5.41) is 4.11. The summed E-state index contributed by atoms with van der Waals surface area (Å²) in [6.45, 7) is 1.76. The maximum Gasteiger partial charge on any atom is 0.188 e. The Labute approximate surface area is 167 Å². The molecule has 5 rings (SSSR count). The highest BCUT2D eigenvalue weighted by molar-refractivity contribution is 7.15. The lowest BCUT2D eigenvalue weighted by molar-refractivity contribution is 0.365. The highest BCUT2D eigenvalue weighted by Gasteiger charge is 2.26. The number of hydrogen-bond acceptors (Lipinski definition) is 8. The van der Waals surface area contributed by atoms with E-state index < -0.39 is 0 Å². The van der Waals surface area contributed by atoms with E-state index in [1.54, 1.807) is 37.0 Å². The van der Waals surface area contributed by atoms with E-state index in [9.17, 15) is 0 Å². The Bertz CT molecular complexity index is 972. The van der Waals surface area contributed by atoms with Gasteiger partial charge in [-0.25, -0.2) is 9.97 Å². The highest BCUT2D eigenvalue weighted by Crippen LogP contribution is 2.41. The van der Waals surface area contributed by atoms with E-state index in [1.807, 2.05) is 6.20 Å². The monoisotopic (exact) mass is 394 g/mol. The predicted octanol–water partition coefficient (Wildman–Crippen LogP) is 3.91. The fraction of sp³-hybridized carbons (Fsp3) is 0.400.